The van der Waals surface area contributed by atoms with E-state index in [1.807, 2.05) is 12.1 Å². The number of H-pyrrole nitrogens is 1. The van der Waals surface area contributed by atoms with Crippen LogP contribution in [0.5, 0.6) is 11.5 Å². The molecule has 1 atom stereocenters. The van der Waals surface area contributed by atoms with Crippen molar-refractivity contribution in [2.24, 2.45) is 7.05 Å². The summed E-state index contributed by atoms with van der Waals surface area (Å²) < 4.78 is 12.6. The Kier molecular flexibility index (Phi) is 6.85. The fraction of sp³-hybridized carbons (Fsp3) is 0.273. The first-order valence-corrected chi connectivity index (χ1v) is 10.8. The first-order valence-electron chi connectivity index (χ1n) is 10.4. The number of ether oxygens (including phenoxy) is 2. The molecule has 2 aromatic heterocycles. The van der Waals surface area contributed by atoms with Crippen LogP contribution >= 0.6 is 11.6 Å². The van der Waals surface area contributed by atoms with Crippen LogP contribution < -0.4 is 20.1 Å². The van der Waals surface area contributed by atoms with Gasteiger partial charge in [0.25, 0.3) is 5.91 Å². The Morgan fingerprint density at radius 2 is 2.12 bits per heavy atom. The maximum absolute atomic E-state index is 11.8. The van der Waals surface area contributed by atoms with Crippen LogP contribution in [0.3, 0.4) is 0 Å². The van der Waals surface area contributed by atoms with Gasteiger partial charge in [-0.05, 0) is 37.3 Å². The summed E-state index contributed by atoms with van der Waals surface area (Å²) in [5.41, 5.74) is 2.21. The fourth-order valence-electron chi connectivity index (χ4n) is 3.20. The molecular formula is C22H24ClN7O4. The molecule has 0 aliphatic carbocycles. The number of rotatable bonds is 9. The van der Waals surface area contributed by atoms with Crippen LogP contribution in [0.4, 0.5) is 11.6 Å². The normalized spacial score (nSPS) is 11.9. The number of nitrogens with zero attached hydrogens (tertiary/aromatic N) is 4. The molecule has 34 heavy (non-hydrogen) atoms. The smallest absolute Gasteiger partial charge is 0.258 e. The van der Waals surface area contributed by atoms with Crippen LogP contribution in [0, 0.1) is 0 Å². The third kappa shape index (κ3) is 5.05. The van der Waals surface area contributed by atoms with Crippen LogP contribution in [0.1, 0.15) is 6.92 Å². The molecule has 2 aromatic carbocycles. The minimum atomic E-state index is -0.632. The van der Waals surface area contributed by atoms with Gasteiger partial charge in [0.05, 0.1) is 35.6 Å². The quantitative estimate of drug-likeness (QED) is 0.284. The number of anilines is 2. The first kappa shape index (κ1) is 23.3. The molecule has 0 saturated heterocycles. The van der Waals surface area contributed by atoms with Crippen LogP contribution in [0.25, 0.3) is 22.3 Å². The van der Waals surface area contributed by atoms with Crippen molar-refractivity contribution in [2.75, 3.05) is 25.6 Å². The van der Waals surface area contributed by atoms with Crippen molar-refractivity contribution in [1.82, 2.24) is 30.3 Å². The predicted octanol–water partition coefficient (Wildman–Crippen LogP) is 2.64. The van der Waals surface area contributed by atoms with Gasteiger partial charge in [-0.25, -0.2) is 4.68 Å². The van der Waals surface area contributed by atoms with Gasteiger partial charge in [0.2, 0.25) is 5.95 Å². The molecule has 11 nitrogen and oxygen atoms in total. The molecule has 0 fully saturated rings. The SMILES string of the molecule is COc1cc(-c2nc(Nc3ccc4[nH]ncc4c3Cl)n(C)n2)ccc1OCC(=O)NCC(C)O. The van der Waals surface area contributed by atoms with E-state index in [0.717, 1.165) is 10.9 Å². The highest BCUT2D eigenvalue weighted by atomic mass is 35.5. The number of aliphatic hydroxyl groups excluding tert-OH is 1. The third-order valence-corrected chi connectivity index (χ3v) is 5.35. The van der Waals surface area contributed by atoms with Gasteiger partial charge in [-0.2, -0.15) is 10.1 Å². The summed E-state index contributed by atoms with van der Waals surface area (Å²) in [5.74, 6) is 1.43. The Bertz CT molecular complexity index is 1320. The lowest BCUT2D eigenvalue weighted by Gasteiger charge is -2.12. The standard InChI is InChI=1S/C22H24ClN7O4/c1-12(31)9-24-19(32)11-34-17-7-4-13(8-18(17)33-3)21-27-22(30(2)29-21)26-16-6-5-15-14(20(16)23)10-25-28-15/h4-8,10,12,31H,9,11H2,1-3H3,(H,24,32)(H,25,28)(H,26,27,29). The zero-order valence-corrected chi connectivity index (χ0v) is 19.6. The molecule has 1 amide bonds. The number of carbonyl (C=O) groups excluding carboxylic acids is 1. The summed E-state index contributed by atoms with van der Waals surface area (Å²) in [6, 6.07) is 8.90. The molecule has 0 aliphatic heterocycles. The van der Waals surface area contributed by atoms with E-state index in [1.165, 1.54) is 7.11 Å². The van der Waals surface area contributed by atoms with Crippen molar-refractivity contribution in [2.45, 2.75) is 13.0 Å². The summed E-state index contributed by atoms with van der Waals surface area (Å²) in [7, 11) is 3.27. The number of halogens is 1. The lowest BCUT2D eigenvalue weighted by atomic mass is 10.2. The Morgan fingerprint density at radius 1 is 1.29 bits per heavy atom. The van der Waals surface area contributed by atoms with Crippen molar-refractivity contribution in [1.29, 1.82) is 0 Å². The van der Waals surface area contributed by atoms with E-state index in [1.54, 1.807) is 43.0 Å². The molecule has 0 spiro atoms. The number of aliphatic hydroxyl groups is 1. The molecule has 12 heteroatoms. The first-order chi connectivity index (χ1) is 16.4. The summed E-state index contributed by atoms with van der Waals surface area (Å²) in [6.45, 7) is 1.53. The third-order valence-electron chi connectivity index (χ3n) is 4.94. The van der Waals surface area contributed by atoms with E-state index in [0.29, 0.717) is 39.5 Å². The van der Waals surface area contributed by atoms with Gasteiger partial charge in [0.1, 0.15) is 0 Å². The molecule has 0 bridgehead atoms. The van der Waals surface area contributed by atoms with E-state index < -0.39 is 6.10 Å². The lowest BCUT2D eigenvalue weighted by Crippen LogP contribution is -2.34. The number of methoxy groups -OCH3 is 1. The van der Waals surface area contributed by atoms with Crippen molar-refractivity contribution in [3.63, 3.8) is 0 Å². The molecular weight excluding hydrogens is 462 g/mol. The Balaban J connectivity index is 1.50. The topological polar surface area (TPSA) is 139 Å². The van der Waals surface area contributed by atoms with Crippen molar-refractivity contribution >= 4 is 40.0 Å². The van der Waals surface area contributed by atoms with E-state index >= 15 is 0 Å². The van der Waals surface area contributed by atoms with Gasteiger partial charge in [-0.15, -0.1) is 5.10 Å². The minimum Gasteiger partial charge on any atom is -0.493 e. The highest BCUT2D eigenvalue weighted by Gasteiger charge is 2.15. The van der Waals surface area contributed by atoms with E-state index in [4.69, 9.17) is 21.1 Å². The summed E-state index contributed by atoms with van der Waals surface area (Å²) in [6.07, 6.45) is 1.03. The largest absolute Gasteiger partial charge is 0.493 e. The number of aryl methyl sites for hydroxylation is 1. The molecule has 0 aliphatic rings. The van der Waals surface area contributed by atoms with Crippen LogP contribution in [0.2, 0.25) is 5.02 Å². The van der Waals surface area contributed by atoms with Crippen LogP contribution in [0.15, 0.2) is 36.5 Å². The van der Waals surface area contributed by atoms with E-state index in [-0.39, 0.29) is 19.1 Å². The second kappa shape index (κ2) is 9.98. The fourth-order valence-corrected chi connectivity index (χ4v) is 3.46. The van der Waals surface area contributed by atoms with Crippen LogP contribution in [-0.4, -0.2) is 62.3 Å². The second-order valence-corrected chi connectivity index (χ2v) is 7.95. The van der Waals surface area contributed by atoms with E-state index in [2.05, 4.69) is 30.9 Å². The average molecular weight is 486 g/mol. The molecule has 178 valence electrons. The molecule has 0 saturated carbocycles. The minimum absolute atomic E-state index is 0.154. The number of benzene rings is 2. The van der Waals surface area contributed by atoms with Gasteiger partial charge in [-0.1, -0.05) is 11.6 Å². The number of carbonyl (C=O) groups is 1. The molecule has 4 aromatic rings. The molecule has 4 N–H and O–H groups in total. The van der Waals surface area contributed by atoms with Crippen LogP contribution in [-0.2, 0) is 11.8 Å². The lowest BCUT2D eigenvalue weighted by molar-refractivity contribution is -0.123. The summed E-state index contributed by atoms with van der Waals surface area (Å²) in [5, 5.41) is 27.7. The zero-order valence-electron chi connectivity index (χ0n) is 18.8. The maximum Gasteiger partial charge on any atom is 0.258 e. The highest BCUT2D eigenvalue weighted by Crippen LogP contribution is 2.34. The van der Waals surface area contributed by atoms with Crippen molar-refractivity contribution in [3.8, 4) is 22.9 Å². The number of hydrogen-bond acceptors (Lipinski definition) is 8. The van der Waals surface area contributed by atoms with Crippen molar-refractivity contribution in [3.05, 3.63) is 41.6 Å². The molecule has 1 unspecified atom stereocenters. The van der Waals surface area contributed by atoms with Gasteiger partial charge >= 0.3 is 0 Å². The highest BCUT2D eigenvalue weighted by molar-refractivity contribution is 6.38. The Morgan fingerprint density at radius 3 is 2.88 bits per heavy atom. The monoisotopic (exact) mass is 485 g/mol. The molecule has 4 rings (SSSR count). The van der Waals surface area contributed by atoms with Gasteiger partial charge in [-0.3, -0.25) is 9.89 Å². The predicted molar refractivity (Wildman–Crippen MR) is 128 cm³/mol. The number of aromatic amines is 1. The van der Waals surface area contributed by atoms with Gasteiger partial charge < -0.3 is 25.2 Å². The van der Waals surface area contributed by atoms with Gasteiger partial charge in [0, 0.05) is 24.5 Å². The number of nitrogens with one attached hydrogen (secondary N) is 3. The molecule has 2 heterocycles. The Hall–Kier alpha value is -3.83. The average Bonchev–Trinajstić information content (AvgIpc) is 3.45. The number of amides is 1. The maximum atomic E-state index is 11.8. The Labute approximate surface area is 200 Å². The van der Waals surface area contributed by atoms with E-state index in [9.17, 15) is 9.90 Å². The number of aromatic nitrogens is 5. The van der Waals surface area contributed by atoms with Gasteiger partial charge in [0.15, 0.2) is 23.9 Å². The zero-order chi connectivity index (χ0) is 24.2. The van der Waals surface area contributed by atoms with Crippen molar-refractivity contribution < 1.29 is 19.4 Å². The molecule has 0 radical (unpaired) electrons. The summed E-state index contributed by atoms with van der Waals surface area (Å²) >= 11 is 6.50. The number of hydrogen-bond donors (Lipinski definition) is 4. The second-order valence-electron chi connectivity index (χ2n) is 7.57. The number of fused-ring (bicyclic) bond motifs is 1. The summed E-state index contributed by atoms with van der Waals surface area (Å²) in [4.78, 5) is 16.4.